The molecule has 0 bridgehead atoms. The van der Waals surface area contributed by atoms with Crippen LogP contribution in [0.5, 0.6) is 11.5 Å². The van der Waals surface area contributed by atoms with Gasteiger partial charge >= 0.3 is 0 Å². The smallest absolute Gasteiger partial charge is 0.192 e. The first-order chi connectivity index (χ1) is 17.0. The van der Waals surface area contributed by atoms with Crippen LogP contribution in [0.2, 0.25) is 0 Å². The molecule has 35 heavy (non-hydrogen) atoms. The Morgan fingerprint density at radius 3 is 2.54 bits per heavy atom. The van der Waals surface area contributed by atoms with E-state index in [1.165, 1.54) is 16.6 Å². The minimum Gasteiger partial charge on any atom is -0.493 e. The molecule has 1 saturated heterocycles. The van der Waals surface area contributed by atoms with Crippen LogP contribution >= 0.6 is 23.1 Å². The van der Waals surface area contributed by atoms with E-state index in [4.69, 9.17) is 30.7 Å². The number of benzene rings is 1. The predicted molar refractivity (Wildman–Crippen MR) is 141 cm³/mol. The van der Waals surface area contributed by atoms with Crippen LogP contribution in [0.4, 0.5) is 11.6 Å². The van der Waals surface area contributed by atoms with Crippen molar-refractivity contribution in [3.63, 3.8) is 0 Å². The summed E-state index contributed by atoms with van der Waals surface area (Å²) in [4.78, 5) is 17.2. The lowest BCUT2D eigenvalue weighted by molar-refractivity contribution is 0.0321. The third-order valence-electron chi connectivity index (χ3n) is 5.64. The Kier molecular flexibility index (Phi) is 8.66. The van der Waals surface area contributed by atoms with E-state index in [1.54, 1.807) is 24.5 Å². The van der Waals surface area contributed by atoms with Crippen molar-refractivity contribution in [2.45, 2.75) is 30.7 Å². The highest BCUT2D eigenvalue weighted by Gasteiger charge is 2.20. The number of nitrogens with two attached hydrogens (primary N) is 2. The van der Waals surface area contributed by atoms with Gasteiger partial charge in [-0.15, -0.1) is 11.3 Å². The third kappa shape index (κ3) is 6.54. The first-order valence-corrected chi connectivity index (χ1v) is 13.3. The zero-order chi connectivity index (χ0) is 24.8. The SMILES string of the molecule is CCc1sc(-c2ccc(OC)c(OCCN3CCOCC3)c2)nc1[C@@H](C)Sc1nc(N)cc(N)n1. The van der Waals surface area contributed by atoms with Gasteiger partial charge in [-0.05, 0) is 31.5 Å². The second kappa shape index (κ2) is 11.9. The van der Waals surface area contributed by atoms with Crippen LogP contribution in [0.1, 0.15) is 29.7 Å². The summed E-state index contributed by atoms with van der Waals surface area (Å²) in [5, 5.41) is 1.53. The number of nitrogen functional groups attached to an aromatic ring is 2. The number of anilines is 2. The summed E-state index contributed by atoms with van der Waals surface area (Å²) in [6.45, 7) is 9.10. The van der Waals surface area contributed by atoms with Gasteiger partial charge in [-0.2, -0.15) is 0 Å². The van der Waals surface area contributed by atoms with Crippen LogP contribution < -0.4 is 20.9 Å². The lowest BCUT2D eigenvalue weighted by Crippen LogP contribution is -2.38. The number of hydrogen-bond acceptors (Lipinski definition) is 11. The van der Waals surface area contributed by atoms with Gasteiger partial charge < -0.3 is 25.7 Å². The van der Waals surface area contributed by atoms with Crippen LogP contribution in [-0.4, -0.2) is 66.4 Å². The standard InChI is InChI=1S/C24H32N6O3S2/c1-4-19-22(15(2)34-24-27-20(25)14-21(26)28-24)29-23(35-19)16-5-6-17(31-3)18(13-16)33-12-9-30-7-10-32-11-8-30/h5-6,13-15H,4,7-12H2,1-3H3,(H4,25,26,27,28)/t15-/m1/s1. The molecule has 0 spiro atoms. The molecule has 188 valence electrons. The summed E-state index contributed by atoms with van der Waals surface area (Å²) in [7, 11) is 1.66. The molecule has 1 aromatic carbocycles. The van der Waals surface area contributed by atoms with Crippen LogP contribution in [0.3, 0.4) is 0 Å². The molecule has 11 heteroatoms. The molecule has 0 aliphatic carbocycles. The number of aromatic nitrogens is 3. The van der Waals surface area contributed by atoms with Crippen molar-refractivity contribution in [3.8, 4) is 22.1 Å². The first-order valence-electron chi connectivity index (χ1n) is 11.6. The van der Waals surface area contributed by atoms with Crippen molar-refractivity contribution in [2.75, 3.05) is 58.0 Å². The summed E-state index contributed by atoms with van der Waals surface area (Å²) in [5.41, 5.74) is 13.7. The highest BCUT2D eigenvalue weighted by molar-refractivity contribution is 7.99. The van der Waals surface area contributed by atoms with Gasteiger partial charge in [0.15, 0.2) is 16.7 Å². The van der Waals surface area contributed by atoms with Crippen molar-refractivity contribution >= 4 is 34.7 Å². The number of aryl methyl sites for hydroxylation is 1. The lowest BCUT2D eigenvalue weighted by atomic mass is 10.2. The van der Waals surface area contributed by atoms with Crippen LogP contribution in [0.25, 0.3) is 10.6 Å². The minimum absolute atomic E-state index is 0.0404. The molecule has 1 aliphatic rings. The molecule has 1 aliphatic heterocycles. The molecule has 0 radical (unpaired) electrons. The van der Waals surface area contributed by atoms with Crippen LogP contribution in [0.15, 0.2) is 29.4 Å². The van der Waals surface area contributed by atoms with Crippen molar-refractivity contribution in [2.24, 2.45) is 0 Å². The topological polar surface area (TPSA) is 122 Å². The van der Waals surface area contributed by atoms with E-state index in [1.807, 2.05) is 18.2 Å². The maximum atomic E-state index is 6.13. The molecular weight excluding hydrogens is 484 g/mol. The monoisotopic (exact) mass is 516 g/mol. The van der Waals surface area contributed by atoms with E-state index in [0.29, 0.717) is 29.1 Å². The molecule has 1 fully saturated rings. The fourth-order valence-electron chi connectivity index (χ4n) is 3.82. The molecule has 2 aromatic heterocycles. The van der Waals surface area contributed by atoms with Gasteiger partial charge in [0.05, 0.1) is 31.3 Å². The Labute approximate surface area is 214 Å². The zero-order valence-electron chi connectivity index (χ0n) is 20.3. The number of methoxy groups -OCH3 is 1. The molecule has 1 atom stereocenters. The van der Waals surface area contributed by atoms with Crippen molar-refractivity contribution in [1.82, 2.24) is 19.9 Å². The molecule has 9 nitrogen and oxygen atoms in total. The number of thioether (sulfide) groups is 1. The number of nitrogens with zero attached hydrogens (tertiary/aromatic N) is 4. The quantitative estimate of drug-likeness (QED) is 0.303. The van der Waals surface area contributed by atoms with E-state index >= 15 is 0 Å². The molecule has 0 saturated carbocycles. The Bertz CT molecular complexity index is 1120. The van der Waals surface area contributed by atoms with Crippen molar-refractivity contribution < 1.29 is 14.2 Å². The predicted octanol–water partition coefficient (Wildman–Crippen LogP) is 3.90. The second-order valence-electron chi connectivity index (χ2n) is 8.11. The Hall–Kier alpha value is -2.60. The molecule has 3 aromatic rings. The fraction of sp³-hybridized carbons (Fsp3) is 0.458. The summed E-state index contributed by atoms with van der Waals surface area (Å²) >= 11 is 3.19. The van der Waals surface area contributed by atoms with Gasteiger partial charge in [0.25, 0.3) is 0 Å². The number of hydrogen-bond donors (Lipinski definition) is 2. The largest absolute Gasteiger partial charge is 0.493 e. The van der Waals surface area contributed by atoms with Crippen molar-refractivity contribution in [3.05, 3.63) is 34.8 Å². The third-order valence-corrected chi connectivity index (χ3v) is 7.88. The fourth-order valence-corrected chi connectivity index (χ4v) is 5.93. The zero-order valence-corrected chi connectivity index (χ0v) is 22.0. The average molecular weight is 517 g/mol. The Morgan fingerprint density at radius 1 is 1.11 bits per heavy atom. The van der Waals surface area contributed by atoms with Gasteiger partial charge in [0, 0.05) is 36.1 Å². The highest BCUT2D eigenvalue weighted by atomic mass is 32.2. The maximum absolute atomic E-state index is 6.13. The first kappa shape index (κ1) is 25.5. The Morgan fingerprint density at radius 2 is 1.86 bits per heavy atom. The number of morpholine rings is 1. The minimum atomic E-state index is 0.0404. The summed E-state index contributed by atoms with van der Waals surface area (Å²) in [5.74, 6) is 2.16. The van der Waals surface area contributed by atoms with Gasteiger partial charge in [0.1, 0.15) is 23.3 Å². The van der Waals surface area contributed by atoms with Gasteiger partial charge in [0.2, 0.25) is 0 Å². The highest BCUT2D eigenvalue weighted by Crippen LogP contribution is 2.41. The second-order valence-corrected chi connectivity index (χ2v) is 10.5. The maximum Gasteiger partial charge on any atom is 0.192 e. The molecule has 3 heterocycles. The molecule has 0 unspecified atom stereocenters. The summed E-state index contributed by atoms with van der Waals surface area (Å²) < 4.78 is 17.1. The van der Waals surface area contributed by atoms with Gasteiger partial charge in [-0.1, -0.05) is 18.7 Å². The average Bonchev–Trinajstić information content (AvgIpc) is 3.29. The van der Waals surface area contributed by atoms with Crippen molar-refractivity contribution in [1.29, 1.82) is 0 Å². The normalized spacial score (nSPS) is 15.2. The van der Waals surface area contributed by atoms with E-state index in [0.717, 1.165) is 61.3 Å². The Balaban J connectivity index is 1.51. The van der Waals surface area contributed by atoms with E-state index in [2.05, 4.69) is 28.7 Å². The van der Waals surface area contributed by atoms with Crippen LogP contribution in [0, 0.1) is 0 Å². The van der Waals surface area contributed by atoms with E-state index < -0.39 is 0 Å². The molecule has 4 N–H and O–H groups in total. The summed E-state index contributed by atoms with van der Waals surface area (Å²) in [6, 6.07) is 7.53. The van der Waals surface area contributed by atoms with Gasteiger partial charge in [-0.3, -0.25) is 4.90 Å². The summed E-state index contributed by atoms with van der Waals surface area (Å²) in [6.07, 6.45) is 0.886. The lowest BCUT2D eigenvalue weighted by Gasteiger charge is -2.26. The number of ether oxygens (including phenoxy) is 3. The molecule has 4 rings (SSSR count). The molecular formula is C24H32N6O3S2. The van der Waals surface area contributed by atoms with E-state index in [9.17, 15) is 0 Å². The van der Waals surface area contributed by atoms with E-state index in [-0.39, 0.29) is 5.25 Å². The molecule has 0 amide bonds. The van der Waals surface area contributed by atoms with Gasteiger partial charge in [-0.25, -0.2) is 15.0 Å². The number of rotatable bonds is 10. The van der Waals surface area contributed by atoms with Crippen LogP contribution in [-0.2, 0) is 11.2 Å². The number of thiazole rings is 1.